The molecule has 0 aromatic heterocycles. The highest BCUT2D eigenvalue weighted by Crippen LogP contribution is 2.24. The second kappa shape index (κ2) is 4.07. The molecule has 0 aliphatic carbocycles. The van der Waals surface area contributed by atoms with Gasteiger partial charge in [-0.05, 0) is 18.6 Å². The van der Waals surface area contributed by atoms with Gasteiger partial charge in [0.15, 0.2) is 0 Å². The second-order valence-electron chi connectivity index (χ2n) is 2.69. The average molecular weight is 187 g/mol. The van der Waals surface area contributed by atoms with Crippen LogP contribution in [0.2, 0.25) is 0 Å². The van der Waals surface area contributed by atoms with Crippen molar-refractivity contribution in [3.05, 3.63) is 23.8 Å². The predicted octanol–water partition coefficient (Wildman–Crippen LogP) is 2.22. The van der Waals surface area contributed by atoms with Gasteiger partial charge in [0.25, 0.3) is 6.43 Å². The highest BCUT2D eigenvalue weighted by Gasteiger charge is 2.06. The Hall–Kier alpha value is -1.32. The largest absolute Gasteiger partial charge is 0.485 e. The van der Waals surface area contributed by atoms with E-state index in [-0.39, 0.29) is 0 Å². The molecule has 0 amide bonds. The Morgan fingerprint density at radius 2 is 2.15 bits per heavy atom. The molecule has 0 radical (unpaired) electrons. The number of aryl methyl sites for hydroxylation is 1. The van der Waals surface area contributed by atoms with E-state index in [1.165, 1.54) is 0 Å². The summed E-state index contributed by atoms with van der Waals surface area (Å²) in [7, 11) is 0. The molecule has 13 heavy (non-hydrogen) atoms. The Labute approximate surface area is 75.3 Å². The number of hydrogen-bond acceptors (Lipinski definition) is 2. The normalized spacial score (nSPS) is 10.5. The maximum atomic E-state index is 11.8. The van der Waals surface area contributed by atoms with Gasteiger partial charge in [0.05, 0.1) is 5.69 Å². The molecule has 0 atom stereocenters. The third-order valence-corrected chi connectivity index (χ3v) is 1.65. The third kappa shape index (κ3) is 2.57. The number of hydrogen-bond donors (Lipinski definition) is 1. The highest BCUT2D eigenvalue weighted by molar-refractivity contribution is 5.57. The number of anilines is 1. The standard InChI is InChI=1S/C9H11F2NO/c1-6-3-2-4-7(9(6)12)13-5-8(10)11/h2-4,8H,5,12H2,1H3. The smallest absolute Gasteiger partial charge is 0.272 e. The molecule has 0 unspecified atom stereocenters. The Bertz CT molecular complexity index is 289. The van der Waals surface area contributed by atoms with Crippen LogP contribution in [0.1, 0.15) is 5.56 Å². The lowest BCUT2D eigenvalue weighted by Crippen LogP contribution is -2.08. The van der Waals surface area contributed by atoms with Crippen molar-refractivity contribution in [2.75, 3.05) is 12.3 Å². The molecule has 0 saturated carbocycles. The summed E-state index contributed by atoms with van der Waals surface area (Å²) in [5.74, 6) is 0.320. The Kier molecular flexibility index (Phi) is 3.06. The van der Waals surface area contributed by atoms with Crippen LogP contribution < -0.4 is 10.5 Å². The molecule has 0 bridgehead atoms. The molecule has 0 aliphatic rings. The zero-order chi connectivity index (χ0) is 9.84. The summed E-state index contributed by atoms with van der Waals surface area (Å²) in [4.78, 5) is 0. The van der Waals surface area contributed by atoms with E-state index in [9.17, 15) is 8.78 Å². The van der Waals surface area contributed by atoms with Crippen molar-refractivity contribution in [1.82, 2.24) is 0 Å². The van der Waals surface area contributed by atoms with E-state index < -0.39 is 13.0 Å². The first kappa shape index (κ1) is 9.77. The van der Waals surface area contributed by atoms with Crippen molar-refractivity contribution in [2.45, 2.75) is 13.3 Å². The van der Waals surface area contributed by atoms with E-state index >= 15 is 0 Å². The summed E-state index contributed by atoms with van der Waals surface area (Å²) in [6.07, 6.45) is -2.47. The van der Waals surface area contributed by atoms with Gasteiger partial charge in [0.1, 0.15) is 12.4 Å². The van der Waals surface area contributed by atoms with Crippen molar-refractivity contribution in [3.63, 3.8) is 0 Å². The number of nitrogen functional groups attached to an aromatic ring is 1. The van der Waals surface area contributed by atoms with E-state index in [0.29, 0.717) is 11.4 Å². The van der Waals surface area contributed by atoms with Crippen molar-refractivity contribution >= 4 is 5.69 Å². The van der Waals surface area contributed by atoms with Gasteiger partial charge in [-0.2, -0.15) is 0 Å². The first-order valence-electron chi connectivity index (χ1n) is 3.87. The molecule has 1 aromatic carbocycles. The molecule has 72 valence electrons. The fraction of sp³-hybridized carbons (Fsp3) is 0.333. The second-order valence-corrected chi connectivity index (χ2v) is 2.69. The lowest BCUT2D eigenvalue weighted by atomic mass is 10.2. The van der Waals surface area contributed by atoms with Gasteiger partial charge in [0, 0.05) is 0 Å². The van der Waals surface area contributed by atoms with Gasteiger partial charge in [-0.3, -0.25) is 0 Å². The topological polar surface area (TPSA) is 35.2 Å². The summed E-state index contributed by atoms with van der Waals surface area (Å²) in [6, 6.07) is 5.09. The lowest BCUT2D eigenvalue weighted by Gasteiger charge is -2.09. The van der Waals surface area contributed by atoms with Crippen LogP contribution in [-0.4, -0.2) is 13.0 Å². The van der Waals surface area contributed by atoms with Crippen molar-refractivity contribution < 1.29 is 13.5 Å². The van der Waals surface area contributed by atoms with Gasteiger partial charge < -0.3 is 10.5 Å². The number of halogens is 2. The quantitative estimate of drug-likeness (QED) is 0.736. The van der Waals surface area contributed by atoms with E-state index in [1.807, 2.05) is 0 Å². The Morgan fingerprint density at radius 1 is 1.46 bits per heavy atom. The summed E-state index contributed by atoms with van der Waals surface area (Å²) >= 11 is 0. The van der Waals surface area contributed by atoms with Crippen molar-refractivity contribution in [1.29, 1.82) is 0 Å². The number of para-hydroxylation sites is 1. The molecular formula is C9H11F2NO. The molecule has 0 fully saturated rings. The van der Waals surface area contributed by atoms with E-state index in [1.54, 1.807) is 25.1 Å². The Morgan fingerprint density at radius 3 is 2.77 bits per heavy atom. The first-order chi connectivity index (χ1) is 6.11. The van der Waals surface area contributed by atoms with Crippen LogP contribution in [0.25, 0.3) is 0 Å². The molecule has 0 spiro atoms. The molecule has 2 nitrogen and oxygen atoms in total. The maximum Gasteiger partial charge on any atom is 0.272 e. The molecule has 0 saturated heterocycles. The van der Waals surface area contributed by atoms with E-state index in [4.69, 9.17) is 10.5 Å². The maximum absolute atomic E-state index is 11.8. The number of rotatable bonds is 3. The van der Waals surface area contributed by atoms with Crippen molar-refractivity contribution in [2.24, 2.45) is 0 Å². The molecule has 2 N–H and O–H groups in total. The zero-order valence-corrected chi connectivity index (χ0v) is 7.26. The number of benzene rings is 1. The SMILES string of the molecule is Cc1cccc(OCC(F)F)c1N. The third-order valence-electron chi connectivity index (χ3n) is 1.65. The Balaban J connectivity index is 2.71. The van der Waals surface area contributed by atoms with Crippen LogP contribution in [0.4, 0.5) is 14.5 Å². The van der Waals surface area contributed by atoms with Gasteiger partial charge in [-0.15, -0.1) is 0 Å². The van der Waals surface area contributed by atoms with Gasteiger partial charge in [-0.1, -0.05) is 12.1 Å². The minimum atomic E-state index is -2.47. The van der Waals surface area contributed by atoms with Crippen LogP contribution >= 0.6 is 0 Å². The number of alkyl halides is 2. The van der Waals surface area contributed by atoms with Gasteiger partial charge >= 0.3 is 0 Å². The summed E-state index contributed by atoms with van der Waals surface area (Å²) in [5, 5.41) is 0. The van der Waals surface area contributed by atoms with Crippen LogP contribution in [-0.2, 0) is 0 Å². The lowest BCUT2D eigenvalue weighted by molar-refractivity contribution is 0.0822. The van der Waals surface area contributed by atoms with E-state index in [0.717, 1.165) is 5.56 Å². The van der Waals surface area contributed by atoms with Crippen LogP contribution in [0.5, 0.6) is 5.75 Å². The summed E-state index contributed by atoms with van der Waals surface area (Å²) < 4.78 is 28.4. The minimum absolute atomic E-state index is 0.320. The predicted molar refractivity (Wildman–Crippen MR) is 47.1 cm³/mol. The number of nitrogens with two attached hydrogens (primary N) is 1. The molecule has 1 aromatic rings. The molecule has 1 rings (SSSR count). The highest BCUT2D eigenvalue weighted by atomic mass is 19.3. The van der Waals surface area contributed by atoms with E-state index in [2.05, 4.69) is 0 Å². The van der Waals surface area contributed by atoms with Gasteiger partial charge in [0.2, 0.25) is 0 Å². The van der Waals surface area contributed by atoms with Crippen molar-refractivity contribution in [3.8, 4) is 5.75 Å². The molecular weight excluding hydrogens is 176 g/mol. The summed E-state index contributed by atoms with van der Waals surface area (Å²) in [6.45, 7) is 1.18. The zero-order valence-electron chi connectivity index (χ0n) is 7.26. The fourth-order valence-corrected chi connectivity index (χ4v) is 0.932. The fourth-order valence-electron chi connectivity index (χ4n) is 0.932. The monoisotopic (exact) mass is 187 g/mol. The summed E-state index contributed by atoms with van der Waals surface area (Å²) in [5.41, 5.74) is 6.84. The molecule has 0 heterocycles. The average Bonchev–Trinajstić information content (AvgIpc) is 2.07. The molecule has 4 heteroatoms. The minimum Gasteiger partial charge on any atom is -0.485 e. The van der Waals surface area contributed by atoms with Crippen LogP contribution in [0.15, 0.2) is 18.2 Å². The van der Waals surface area contributed by atoms with Crippen LogP contribution in [0.3, 0.4) is 0 Å². The molecule has 0 aliphatic heterocycles. The van der Waals surface area contributed by atoms with Crippen LogP contribution in [0, 0.1) is 6.92 Å². The first-order valence-corrected chi connectivity index (χ1v) is 3.87. The number of ether oxygens (including phenoxy) is 1. The van der Waals surface area contributed by atoms with Gasteiger partial charge in [-0.25, -0.2) is 8.78 Å².